The van der Waals surface area contributed by atoms with E-state index in [1.165, 1.54) is 0 Å². The molecule has 2 aromatic rings. The van der Waals surface area contributed by atoms with Crippen LogP contribution in [0.4, 0.5) is 4.79 Å². The van der Waals surface area contributed by atoms with Gasteiger partial charge >= 0.3 is 17.8 Å². The third-order valence-corrected chi connectivity index (χ3v) is 4.94. The summed E-state index contributed by atoms with van der Waals surface area (Å²) in [4.78, 5) is 44.1. The Hall–Kier alpha value is -2.32. The van der Waals surface area contributed by atoms with Crippen LogP contribution in [0.5, 0.6) is 0 Å². The van der Waals surface area contributed by atoms with Crippen molar-refractivity contribution in [2.24, 2.45) is 5.92 Å². The number of rotatable bonds is 6. The highest BCUT2D eigenvalue weighted by atomic mass is 32.1. The molecule has 132 valence electrons. The lowest BCUT2D eigenvalue weighted by Crippen LogP contribution is -3.09. The molecular weight excluding hydrogens is 340 g/mol. The number of urea groups is 1. The number of para-hydroxylation sites is 1. The first kappa shape index (κ1) is 17.5. The van der Waals surface area contributed by atoms with Gasteiger partial charge in [-0.2, -0.15) is 0 Å². The Bertz CT molecular complexity index is 799. The molecule has 0 radical (unpaired) electrons. The maximum Gasteiger partial charge on any atom is 0.338 e. The van der Waals surface area contributed by atoms with Crippen molar-refractivity contribution in [2.45, 2.75) is 20.4 Å². The van der Waals surface area contributed by atoms with E-state index in [4.69, 9.17) is 0 Å². The molecule has 0 spiro atoms. The van der Waals surface area contributed by atoms with Crippen LogP contribution < -0.4 is 4.90 Å². The van der Waals surface area contributed by atoms with Crippen LogP contribution in [0.15, 0.2) is 24.3 Å². The number of quaternary nitrogens is 1. The molecule has 1 atom stereocenters. The van der Waals surface area contributed by atoms with Crippen molar-refractivity contribution in [1.29, 1.82) is 0 Å². The molecule has 7 nitrogen and oxygen atoms in total. The van der Waals surface area contributed by atoms with E-state index in [2.05, 4.69) is 4.98 Å². The summed E-state index contributed by atoms with van der Waals surface area (Å²) in [5.41, 5.74) is 0.946. The fraction of sp³-hybridized carbons (Fsp3) is 0.412. The molecular formula is C17H21N4O3S+. The predicted molar refractivity (Wildman–Crippen MR) is 93.9 cm³/mol. The second-order valence-corrected chi connectivity index (χ2v) is 7.81. The van der Waals surface area contributed by atoms with E-state index in [9.17, 15) is 14.4 Å². The van der Waals surface area contributed by atoms with E-state index >= 15 is 0 Å². The van der Waals surface area contributed by atoms with Gasteiger partial charge in [0.15, 0.2) is 6.67 Å². The Balaban J connectivity index is 1.67. The van der Waals surface area contributed by atoms with Crippen LogP contribution in [0.2, 0.25) is 0 Å². The van der Waals surface area contributed by atoms with E-state index in [0.29, 0.717) is 6.54 Å². The number of nitrogens with zero attached hydrogens (tertiary/aromatic N) is 3. The SMILES string of the molecule is CC(C)CN1C(=O)C(=O)N(C[NH+](C)Cc2nc3ccccc3s2)C1=O. The molecule has 2 heterocycles. The van der Waals surface area contributed by atoms with Crippen LogP contribution in [0.25, 0.3) is 10.2 Å². The Labute approximate surface area is 149 Å². The number of nitrogens with one attached hydrogen (secondary N) is 1. The highest BCUT2D eigenvalue weighted by Gasteiger charge is 2.45. The maximum atomic E-state index is 12.4. The number of amides is 4. The number of benzene rings is 1. The van der Waals surface area contributed by atoms with Gasteiger partial charge in [-0.3, -0.25) is 14.5 Å². The second-order valence-electron chi connectivity index (χ2n) is 6.69. The van der Waals surface area contributed by atoms with Crippen LogP contribution in [-0.2, 0) is 16.1 Å². The average molecular weight is 361 g/mol. The molecule has 0 aliphatic carbocycles. The van der Waals surface area contributed by atoms with Crippen LogP contribution in [0, 0.1) is 5.92 Å². The van der Waals surface area contributed by atoms with Gasteiger partial charge in [0.2, 0.25) is 0 Å². The van der Waals surface area contributed by atoms with Gasteiger partial charge in [-0.15, -0.1) is 11.3 Å². The lowest BCUT2D eigenvalue weighted by Gasteiger charge is -2.19. The third-order valence-electron chi connectivity index (χ3n) is 3.90. The molecule has 3 rings (SSSR count). The van der Waals surface area contributed by atoms with Gasteiger partial charge in [0, 0.05) is 6.54 Å². The Morgan fingerprint density at radius 2 is 1.80 bits per heavy atom. The monoisotopic (exact) mass is 361 g/mol. The molecule has 1 N–H and O–H groups in total. The predicted octanol–water partition coefficient (Wildman–Crippen LogP) is 0.715. The number of hydrogen-bond donors (Lipinski definition) is 1. The summed E-state index contributed by atoms with van der Waals surface area (Å²) in [6, 6.07) is 7.37. The Morgan fingerprint density at radius 1 is 1.12 bits per heavy atom. The van der Waals surface area contributed by atoms with Crippen molar-refractivity contribution in [1.82, 2.24) is 14.8 Å². The largest absolute Gasteiger partial charge is 0.338 e. The fourth-order valence-electron chi connectivity index (χ4n) is 2.80. The van der Waals surface area contributed by atoms with E-state index in [1.807, 2.05) is 45.2 Å². The number of hydrogen-bond acceptors (Lipinski definition) is 5. The zero-order chi connectivity index (χ0) is 18.1. The van der Waals surface area contributed by atoms with Gasteiger partial charge in [-0.05, 0) is 18.1 Å². The molecule has 4 amide bonds. The van der Waals surface area contributed by atoms with Crippen molar-refractivity contribution in [2.75, 3.05) is 20.3 Å². The molecule has 0 bridgehead atoms. The summed E-state index contributed by atoms with van der Waals surface area (Å²) in [5.74, 6) is -1.35. The molecule has 1 aliphatic heterocycles. The van der Waals surface area contributed by atoms with Gasteiger partial charge in [0.1, 0.15) is 11.6 Å². The van der Waals surface area contributed by atoms with E-state index in [0.717, 1.165) is 29.9 Å². The summed E-state index contributed by atoms with van der Waals surface area (Å²) < 4.78 is 1.11. The Morgan fingerprint density at radius 3 is 2.48 bits per heavy atom. The maximum absolute atomic E-state index is 12.4. The molecule has 25 heavy (non-hydrogen) atoms. The van der Waals surface area contributed by atoms with Gasteiger partial charge in [0.25, 0.3) is 0 Å². The van der Waals surface area contributed by atoms with Gasteiger partial charge in [-0.25, -0.2) is 14.7 Å². The molecule has 1 saturated heterocycles. The van der Waals surface area contributed by atoms with Crippen molar-refractivity contribution in [3.05, 3.63) is 29.3 Å². The lowest BCUT2D eigenvalue weighted by atomic mass is 10.2. The van der Waals surface area contributed by atoms with Crippen LogP contribution >= 0.6 is 11.3 Å². The molecule has 1 fully saturated rings. The first-order valence-electron chi connectivity index (χ1n) is 8.20. The molecule has 1 aromatic carbocycles. The minimum absolute atomic E-state index is 0.119. The molecule has 0 saturated carbocycles. The minimum atomic E-state index is -0.741. The van der Waals surface area contributed by atoms with Gasteiger partial charge < -0.3 is 4.90 Å². The highest BCUT2D eigenvalue weighted by molar-refractivity contribution is 7.18. The number of fused-ring (bicyclic) bond motifs is 1. The average Bonchev–Trinajstić information content (AvgIpc) is 3.04. The standard InChI is InChI=1S/C17H20N4O3S/c1-11(2)8-20-15(22)16(23)21(17(20)24)10-19(3)9-14-18-12-6-4-5-7-13(12)25-14/h4-7,11H,8-10H2,1-3H3/p+1. The quantitative estimate of drug-likeness (QED) is 0.608. The molecule has 1 aliphatic rings. The first-order valence-corrected chi connectivity index (χ1v) is 9.01. The summed E-state index contributed by atoms with van der Waals surface area (Å²) in [6.45, 7) is 4.79. The zero-order valence-corrected chi connectivity index (χ0v) is 15.3. The smallest absolute Gasteiger partial charge is 0.314 e. The van der Waals surface area contributed by atoms with Gasteiger partial charge in [0.05, 0.1) is 17.3 Å². The highest BCUT2D eigenvalue weighted by Crippen LogP contribution is 2.20. The summed E-state index contributed by atoms with van der Waals surface area (Å²) in [5, 5.41) is 0.933. The number of carbonyl (C=O) groups excluding carboxylic acids is 3. The Kier molecular flexibility index (Phi) is 4.82. The number of aromatic nitrogens is 1. The van der Waals surface area contributed by atoms with Crippen molar-refractivity contribution >= 4 is 39.4 Å². The molecule has 1 aromatic heterocycles. The first-order chi connectivity index (χ1) is 11.9. The third kappa shape index (κ3) is 3.54. The van der Waals surface area contributed by atoms with Gasteiger partial charge in [-0.1, -0.05) is 26.0 Å². The van der Waals surface area contributed by atoms with E-state index < -0.39 is 17.8 Å². The summed E-state index contributed by atoms with van der Waals surface area (Å²) >= 11 is 1.60. The number of imide groups is 2. The molecule has 8 heteroatoms. The topological polar surface area (TPSA) is 75.0 Å². The normalized spacial score (nSPS) is 16.6. The summed E-state index contributed by atoms with van der Waals surface area (Å²) in [7, 11) is 1.88. The van der Waals surface area contributed by atoms with Crippen molar-refractivity contribution in [3.63, 3.8) is 0 Å². The van der Waals surface area contributed by atoms with Crippen LogP contribution in [0.3, 0.4) is 0 Å². The van der Waals surface area contributed by atoms with E-state index in [1.54, 1.807) is 11.3 Å². The van der Waals surface area contributed by atoms with Crippen molar-refractivity contribution in [3.8, 4) is 0 Å². The van der Waals surface area contributed by atoms with Crippen LogP contribution in [0.1, 0.15) is 18.9 Å². The van der Waals surface area contributed by atoms with Crippen molar-refractivity contribution < 1.29 is 19.3 Å². The second kappa shape index (κ2) is 6.89. The lowest BCUT2D eigenvalue weighted by molar-refractivity contribution is -0.901. The molecule has 1 unspecified atom stereocenters. The van der Waals surface area contributed by atoms with E-state index in [-0.39, 0.29) is 19.1 Å². The van der Waals surface area contributed by atoms with Crippen LogP contribution in [-0.4, -0.2) is 52.9 Å². The minimum Gasteiger partial charge on any atom is -0.314 e. The number of thiazole rings is 1. The zero-order valence-electron chi connectivity index (χ0n) is 14.5. The fourth-order valence-corrected chi connectivity index (χ4v) is 3.88. The summed E-state index contributed by atoms with van der Waals surface area (Å²) in [6.07, 6.45) is 0. The number of carbonyl (C=O) groups is 3.